The van der Waals surface area contributed by atoms with Crippen LogP contribution in [0.2, 0.25) is 0 Å². The third kappa shape index (κ3) is 2.98. The largest absolute Gasteiger partial charge is 0.321 e. The van der Waals surface area contributed by atoms with Crippen LogP contribution in [-0.2, 0) is 0 Å². The number of rotatable bonds is 5. The highest BCUT2D eigenvalue weighted by atomic mass is 14.8. The molecule has 28 heavy (non-hydrogen) atoms. The lowest BCUT2D eigenvalue weighted by atomic mass is 9.46. The van der Waals surface area contributed by atoms with E-state index in [1.807, 2.05) is 0 Å². The van der Waals surface area contributed by atoms with Gasteiger partial charge in [-0.3, -0.25) is 0 Å². The topological polar surface area (TPSA) is 26.0 Å². The van der Waals surface area contributed by atoms with Gasteiger partial charge in [0.2, 0.25) is 0 Å². The fourth-order valence-electron chi connectivity index (χ4n) is 8.10. The van der Waals surface area contributed by atoms with Gasteiger partial charge in [-0.05, 0) is 79.6 Å². The molecule has 0 amide bonds. The standard InChI is InChI=1S/C27H45N/c1-19(2)9-8-10-20(3)22-14-15-23-24-13-12-21-11-6-7-16-26(21,5)27(24,28)18-17-25(22,23)4/h12-13,19-20,22-23H,6-11,14-18,28H2,1-5H3. The molecular formula is C27H45N. The summed E-state index contributed by atoms with van der Waals surface area (Å²) in [5.74, 6) is 3.32. The normalized spacial score (nSPS) is 43.7. The predicted molar refractivity (Wildman–Crippen MR) is 121 cm³/mol. The molecular weight excluding hydrogens is 338 g/mol. The van der Waals surface area contributed by atoms with Crippen molar-refractivity contribution in [2.75, 3.05) is 0 Å². The van der Waals surface area contributed by atoms with Crippen LogP contribution in [0.25, 0.3) is 0 Å². The molecule has 0 heterocycles. The Morgan fingerprint density at radius 3 is 2.54 bits per heavy atom. The monoisotopic (exact) mass is 383 g/mol. The van der Waals surface area contributed by atoms with E-state index >= 15 is 0 Å². The van der Waals surface area contributed by atoms with Crippen LogP contribution in [0.5, 0.6) is 0 Å². The Hall–Kier alpha value is -0.560. The zero-order valence-corrected chi connectivity index (χ0v) is 19.3. The first kappa shape index (κ1) is 20.7. The molecule has 2 N–H and O–H groups in total. The Kier molecular flexibility index (Phi) is 5.39. The average molecular weight is 384 g/mol. The minimum Gasteiger partial charge on any atom is -0.321 e. The predicted octanol–water partition coefficient (Wildman–Crippen LogP) is 7.42. The third-order valence-corrected chi connectivity index (χ3v) is 10.0. The number of fused-ring (bicyclic) bond motifs is 5. The maximum Gasteiger partial charge on any atom is 0.0467 e. The van der Waals surface area contributed by atoms with Crippen LogP contribution in [0.4, 0.5) is 0 Å². The summed E-state index contributed by atoms with van der Waals surface area (Å²) in [5.41, 5.74) is 11.3. The Morgan fingerprint density at radius 1 is 1.00 bits per heavy atom. The second-order valence-corrected chi connectivity index (χ2v) is 11.9. The van der Waals surface area contributed by atoms with Crippen LogP contribution in [0.15, 0.2) is 23.3 Å². The van der Waals surface area contributed by atoms with E-state index in [1.165, 1.54) is 70.6 Å². The van der Waals surface area contributed by atoms with Crippen LogP contribution < -0.4 is 5.73 Å². The first-order valence-electron chi connectivity index (χ1n) is 12.4. The van der Waals surface area contributed by atoms with E-state index in [0.717, 1.165) is 23.7 Å². The quantitative estimate of drug-likeness (QED) is 0.525. The molecule has 3 saturated carbocycles. The summed E-state index contributed by atoms with van der Waals surface area (Å²) in [6, 6.07) is 0. The average Bonchev–Trinajstić information content (AvgIpc) is 2.99. The van der Waals surface area contributed by atoms with Crippen LogP contribution in [0.3, 0.4) is 0 Å². The summed E-state index contributed by atoms with van der Waals surface area (Å²) in [6.45, 7) is 12.4. The van der Waals surface area contributed by atoms with E-state index in [2.05, 4.69) is 46.8 Å². The van der Waals surface area contributed by atoms with Gasteiger partial charge in [-0.15, -0.1) is 0 Å². The van der Waals surface area contributed by atoms with Crippen molar-refractivity contribution in [2.45, 2.75) is 111 Å². The molecule has 0 spiro atoms. The fraction of sp³-hybridized carbons (Fsp3) is 0.852. The summed E-state index contributed by atoms with van der Waals surface area (Å²) in [5, 5.41) is 0. The number of hydrogen-bond acceptors (Lipinski definition) is 1. The highest BCUT2D eigenvalue weighted by molar-refractivity contribution is 5.45. The Morgan fingerprint density at radius 2 is 1.79 bits per heavy atom. The second-order valence-electron chi connectivity index (χ2n) is 11.9. The molecule has 0 aromatic heterocycles. The van der Waals surface area contributed by atoms with Crippen LogP contribution >= 0.6 is 0 Å². The first-order chi connectivity index (χ1) is 13.2. The number of allylic oxidation sites excluding steroid dienone is 2. The summed E-state index contributed by atoms with van der Waals surface area (Å²) >= 11 is 0. The van der Waals surface area contributed by atoms with E-state index in [-0.39, 0.29) is 11.0 Å². The second kappa shape index (κ2) is 7.29. The number of nitrogens with two attached hydrogens (primary N) is 1. The molecule has 0 aromatic rings. The summed E-state index contributed by atoms with van der Waals surface area (Å²) in [6.07, 6.45) is 19.9. The molecule has 0 aliphatic heterocycles. The minimum atomic E-state index is -0.0720. The minimum absolute atomic E-state index is 0.0720. The molecule has 158 valence electrons. The van der Waals surface area contributed by atoms with E-state index < -0.39 is 0 Å². The zero-order valence-electron chi connectivity index (χ0n) is 19.3. The van der Waals surface area contributed by atoms with Crippen LogP contribution in [0.1, 0.15) is 105 Å². The van der Waals surface area contributed by atoms with Gasteiger partial charge in [0.1, 0.15) is 0 Å². The highest BCUT2D eigenvalue weighted by Gasteiger charge is 2.61. The molecule has 0 bridgehead atoms. The van der Waals surface area contributed by atoms with E-state index in [9.17, 15) is 0 Å². The molecule has 6 unspecified atom stereocenters. The van der Waals surface area contributed by atoms with Gasteiger partial charge in [0.05, 0.1) is 0 Å². The lowest BCUT2D eigenvalue weighted by Crippen LogP contribution is -2.63. The third-order valence-electron chi connectivity index (χ3n) is 10.0. The van der Waals surface area contributed by atoms with Gasteiger partial charge < -0.3 is 5.73 Å². The maximum atomic E-state index is 7.39. The summed E-state index contributed by atoms with van der Waals surface area (Å²) in [4.78, 5) is 0. The van der Waals surface area contributed by atoms with Gasteiger partial charge in [-0.1, -0.05) is 78.0 Å². The van der Waals surface area contributed by atoms with Gasteiger partial charge in [0.25, 0.3) is 0 Å². The van der Waals surface area contributed by atoms with Crippen LogP contribution in [-0.4, -0.2) is 5.54 Å². The van der Waals surface area contributed by atoms with Gasteiger partial charge in [0.15, 0.2) is 0 Å². The van der Waals surface area contributed by atoms with Gasteiger partial charge >= 0.3 is 0 Å². The first-order valence-corrected chi connectivity index (χ1v) is 12.4. The van der Waals surface area contributed by atoms with Crippen molar-refractivity contribution < 1.29 is 0 Å². The Bertz CT molecular complexity index is 657. The Labute approximate surface area is 174 Å². The molecule has 3 fully saturated rings. The highest BCUT2D eigenvalue weighted by Crippen LogP contribution is 2.66. The van der Waals surface area contributed by atoms with Crippen molar-refractivity contribution in [1.29, 1.82) is 0 Å². The summed E-state index contributed by atoms with van der Waals surface area (Å²) in [7, 11) is 0. The molecule has 4 aliphatic carbocycles. The molecule has 0 radical (unpaired) electrons. The van der Waals surface area contributed by atoms with Crippen molar-refractivity contribution in [3.63, 3.8) is 0 Å². The molecule has 1 nitrogen and oxygen atoms in total. The maximum absolute atomic E-state index is 7.39. The fourth-order valence-corrected chi connectivity index (χ4v) is 8.10. The molecule has 1 heteroatoms. The van der Waals surface area contributed by atoms with Crippen molar-refractivity contribution >= 4 is 0 Å². The van der Waals surface area contributed by atoms with Crippen LogP contribution in [0, 0.1) is 34.5 Å². The molecule has 4 rings (SSSR count). The lowest BCUT2D eigenvalue weighted by molar-refractivity contribution is 0.0327. The van der Waals surface area contributed by atoms with Crippen molar-refractivity contribution in [3.8, 4) is 0 Å². The molecule has 0 saturated heterocycles. The lowest BCUT2D eigenvalue weighted by Gasteiger charge is -2.60. The SMILES string of the molecule is CC(C)CCCC(C)C1CCC2C3=CC=C4CCCCC4(C)C3(N)CCC21C. The number of hydrogen-bond donors (Lipinski definition) is 1. The molecule has 6 atom stereocenters. The van der Waals surface area contributed by atoms with Crippen molar-refractivity contribution in [3.05, 3.63) is 23.3 Å². The zero-order chi connectivity index (χ0) is 20.2. The molecule has 4 aliphatic rings. The van der Waals surface area contributed by atoms with Gasteiger partial charge in [-0.25, -0.2) is 0 Å². The van der Waals surface area contributed by atoms with E-state index in [4.69, 9.17) is 5.73 Å². The van der Waals surface area contributed by atoms with Gasteiger partial charge in [0, 0.05) is 11.0 Å². The van der Waals surface area contributed by atoms with Crippen molar-refractivity contribution in [2.24, 2.45) is 40.2 Å². The van der Waals surface area contributed by atoms with E-state index in [0.29, 0.717) is 5.41 Å². The van der Waals surface area contributed by atoms with E-state index in [1.54, 1.807) is 11.1 Å². The summed E-state index contributed by atoms with van der Waals surface area (Å²) < 4.78 is 0. The Balaban J connectivity index is 1.57. The smallest absolute Gasteiger partial charge is 0.0467 e. The molecule has 0 aromatic carbocycles. The van der Waals surface area contributed by atoms with Crippen molar-refractivity contribution in [1.82, 2.24) is 0 Å². The van der Waals surface area contributed by atoms with Gasteiger partial charge in [-0.2, -0.15) is 0 Å².